The Morgan fingerprint density at radius 1 is 1.45 bits per heavy atom. The molecule has 0 bridgehead atoms. The molecule has 0 spiro atoms. The predicted octanol–water partition coefficient (Wildman–Crippen LogP) is 2.21. The van der Waals surface area contributed by atoms with Gasteiger partial charge in [0.1, 0.15) is 0 Å². The zero-order chi connectivity index (χ0) is 13.6. The molecule has 0 radical (unpaired) electrons. The lowest BCUT2D eigenvalue weighted by Crippen LogP contribution is -2.42. The number of hydrogen-bond acceptors (Lipinski definition) is 5. The van der Waals surface area contributed by atoms with Crippen LogP contribution in [0.1, 0.15) is 51.2 Å². The van der Waals surface area contributed by atoms with Gasteiger partial charge in [0.25, 0.3) is 0 Å². The molecule has 1 aromatic heterocycles. The molecule has 1 aliphatic carbocycles. The van der Waals surface area contributed by atoms with Crippen molar-refractivity contribution in [3.8, 4) is 0 Å². The fourth-order valence-corrected chi connectivity index (χ4v) is 3.03. The summed E-state index contributed by atoms with van der Waals surface area (Å²) in [6.07, 6.45) is 2.37. The summed E-state index contributed by atoms with van der Waals surface area (Å²) in [6, 6.07) is 0. The van der Waals surface area contributed by atoms with Gasteiger partial charge in [-0.25, -0.2) is 0 Å². The Morgan fingerprint density at radius 2 is 2.15 bits per heavy atom. The van der Waals surface area contributed by atoms with Crippen molar-refractivity contribution in [3.05, 3.63) is 11.7 Å². The molecule has 1 saturated carbocycles. The minimum Gasteiger partial charge on any atom is -0.388 e. The average Bonchev–Trinajstić information content (AvgIpc) is 3.02. The van der Waals surface area contributed by atoms with Gasteiger partial charge in [-0.05, 0) is 24.7 Å². The number of aliphatic hydroxyl groups is 1. The standard InChI is InChI=1S/C14H23N3O2.ClH/c1-9(2)14(18)8-17(6-10(14)3)7-12-15-13(16-19-12)11-4-5-11;/h9-11,18H,4-8H2,1-3H3;1H/t10-,14-;/m1./s1. The summed E-state index contributed by atoms with van der Waals surface area (Å²) in [6.45, 7) is 8.50. The van der Waals surface area contributed by atoms with Crippen molar-refractivity contribution >= 4 is 12.4 Å². The smallest absolute Gasteiger partial charge is 0.240 e. The number of hydrogen-bond donors (Lipinski definition) is 1. The SMILES string of the molecule is CC(C)[C@]1(O)CN(Cc2nc(C3CC3)no2)C[C@H]1C.Cl. The van der Waals surface area contributed by atoms with E-state index in [0.717, 1.165) is 12.4 Å². The van der Waals surface area contributed by atoms with Crippen LogP contribution >= 0.6 is 12.4 Å². The molecule has 5 nitrogen and oxygen atoms in total. The van der Waals surface area contributed by atoms with Crippen LogP contribution in [0.15, 0.2) is 4.52 Å². The van der Waals surface area contributed by atoms with E-state index in [1.165, 1.54) is 12.8 Å². The summed E-state index contributed by atoms with van der Waals surface area (Å²) in [4.78, 5) is 6.67. The third-order valence-corrected chi connectivity index (χ3v) is 4.65. The highest BCUT2D eigenvalue weighted by molar-refractivity contribution is 5.85. The molecular formula is C14H24ClN3O2. The Balaban J connectivity index is 0.00000147. The zero-order valence-corrected chi connectivity index (χ0v) is 13.2. The van der Waals surface area contributed by atoms with Crippen molar-refractivity contribution in [2.24, 2.45) is 11.8 Å². The normalized spacial score (nSPS) is 30.8. The van der Waals surface area contributed by atoms with E-state index in [1.54, 1.807) is 0 Å². The van der Waals surface area contributed by atoms with E-state index >= 15 is 0 Å². The van der Waals surface area contributed by atoms with Gasteiger partial charge in [-0.15, -0.1) is 12.4 Å². The van der Waals surface area contributed by atoms with E-state index in [4.69, 9.17) is 4.52 Å². The molecule has 20 heavy (non-hydrogen) atoms. The molecule has 3 rings (SSSR count). The first-order valence-electron chi connectivity index (χ1n) is 7.26. The van der Waals surface area contributed by atoms with Crippen LogP contribution in [-0.4, -0.2) is 38.8 Å². The lowest BCUT2D eigenvalue weighted by Gasteiger charge is -2.31. The Labute approximate surface area is 126 Å². The van der Waals surface area contributed by atoms with Gasteiger partial charge in [0.05, 0.1) is 12.1 Å². The van der Waals surface area contributed by atoms with Gasteiger partial charge < -0.3 is 9.63 Å². The summed E-state index contributed by atoms with van der Waals surface area (Å²) in [5.41, 5.74) is -0.598. The fraction of sp³-hybridized carbons (Fsp3) is 0.857. The van der Waals surface area contributed by atoms with Crippen LogP contribution in [0.25, 0.3) is 0 Å². The molecule has 1 N–H and O–H groups in total. The monoisotopic (exact) mass is 301 g/mol. The van der Waals surface area contributed by atoms with Crippen LogP contribution in [0.2, 0.25) is 0 Å². The van der Waals surface area contributed by atoms with Gasteiger partial charge in [-0.1, -0.05) is 25.9 Å². The van der Waals surface area contributed by atoms with Gasteiger partial charge in [-0.3, -0.25) is 4.90 Å². The maximum absolute atomic E-state index is 10.7. The summed E-state index contributed by atoms with van der Waals surface area (Å²) < 4.78 is 5.31. The van der Waals surface area contributed by atoms with Crippen molar-refractivity contribution in [1.29, 1.82) is 0 Å². The molecule has 2 aliphatic rings. The molecule has 0 aromatic carbocycles. The highest BCUT2D eigenvalue weighted by atomic mass is 35.5. The summed E-state index contributed by atoms with van der Waals surface area (Å²) in [7, 11) is 0. The van der Waals surface area contributed by atoms with E-state index in [1.807, 2.05) is 0 Å². The van der Waals surface area contributed by atoms with E-state index < -0.39 is 5.60 Å². The molecule has 114 valence electrons. The summed E-state index contributed by atoms with van der Waals surface area (Å²) >= 11 is 0. The highest BCUT2D eigenvalue weighted by Gasteiger charge is 2.45. The zero-order valence-electron chi connectivity index (χ0n) is 12.4. The van der Waals surface area contributed by atoms with Crippen LogP contribution in [0.4, 0.5) is 0 Å². The Kier molecular flexibility index (Phi) is 4.42. The van der Waals surface area contributed by atoms with Crippen molar-refractivity contribution < 1.29 is 9.63 Å². The topological polar surface area (TPSA) is 62.4 Å². The van der Waals surface area contributed by atoms with E-state index in [-0.39, 0.29) is 24.2 Å². The number of halogens is 1. The van der Waals surface area contributed by atoms with E-state index in [2.05, 4.69) is 35.8 Å². The molecule has 0 unspecified atom stereocenters. The van der Waals surface area contributed by atoms with Crippen LogP contribution in [-0.2, 0) is 6.54 Å². The number of likely N-dealkylation sites (tertiary alicyclic amines) is 1. The molecule has 2 heterocycles. The van der Waals surface area contributed by atoms with Crippen LogP contribution in [0, 0.1) is 11.8 Å². The molecule has 1 aliphatic heterocycles. The van der Waals surface area contributed by atoms with Gasteiger partial charge in [0, 0.05) is 19.0 Å². The highest BCUT2D eigenvalue weighted by Crippen LogP contribution is 2.38. The van der Waals surface area contributed by atoms with Gasteiger partial charge in [0.15, 0.2) is 5.82 Å². The van der Waals surface area contributed by atoms with E-state index in [9.17, 15) is 5.11 Å². The minimum absolute atomic E-state index is 0. The summed E-state index contributed by atoms with van der Waals surface area (Å²) in [5.74, 6) is 2.61. The molecule has 6 heteroatoms. The second kappa shape index (κ2) is 5.62. The molecule has 0 amide bonds. The first-order chi connectivity index (χ1) is 8.99. The predicted molar refractivity (Wildman–Crippen MR) is 77.7 cm³/mol. The number of rotatable bonds is 4. The second-order valence-electron chi connectivity index (χ2n) is 6.54. The van der Waals surface area contributed by atoms with Crippen molar-refractivity contribution in [2.45, 2.75) is 51.7 Å². The quantitative estimate of drug-likeness (QED) is 0.924. The van der Waals surface area contributed by atoms with Crippen LogP contribution < -0.4 is 0 Å². The maximum atomic E-state index is 10.7. The van der Waals surface area contributed by atoms with Crippen LogP contribution in [0.5, 0.6) is 0 Å². The van der Waals surface area contributed by atoms with Crippen molar-refractivity contribution in [2.75, 3.05) is 13.1 Å². The molecule has 1 saturated heterocycles. The van der Waals surface area contributed by atoms with Gasteiger partial charge in [-0.2, -0.15) is 4.98 Å². The van der Waals surface area contributed by atoms with Crippen molar-refractivity contribution in [1.82, 2.24) is 15.0 Å². The van der Waals surface area contributed by atoms with Gasteiger partial charge in [0.2, 0.25) is 5.89 Å². The average molecular weight is 302 g/mol. The Morgan fingerprint density at radius 3 is 2.70 bits per heavy atom. The summed E-state index contributed by atoms with van der Waals surface area (Å²) in [5, 5.41) is 14.7. The van der Waals surface area contributed by atoms with Crippen LogP contribution in [0.3, 0.4) is 0 Å². The fourth-order valence-electron chi connectivity index (χ4n) is 3.03. The largest absolute Gasteiger partial charge is 0.388 e. The van der Waals surface area contributed by atoms with Gasteiger partial charge >= 0.3 is 0 Å². The van der Waals surface area contributed by atoms with Crippen molar-refractivity contribution in [3.63, 3.8) is 0 Å². The minimum atomic E-state index is -0.598. The number of aromatic nitrogens is 2. The third kappa shape index (κ3) is 2.85. The first kappa shape index (κ1) is 15.7. The number of β-amino-alcohol motifs (C(OH)–C–C–N with tert-alkyl or cyclic N) is 1. The molecule has 2 fully saturated rings. The number of nitrogens with zero attached hydrogens (tertiary/aromatic N) is 3. The molecule has 2 atom stereocenters. The lowest BCUT2D eigenvalue weighted by molar-refractivity contribution is -0.0258. The second-order valence-corrected chi connectivity index (χ2v) is 6.54. The molecular weight excluding hydrogens is 278 g/mol. The molecule has 1 aromatic rings. The first-order valence-corrected chi connectivity index (χ1v) is 7.26. The Hall–Kier alpha value is -0.650. The van der Waals surface area contributed by atoms with E-state index in [0.29, 0.717) is 24.9 Å². The Bertz CT molecular complexity index is 461. The third-order valence-electron chi connectivity index (χ3n) is 4.65. The lowest BCUT2D eigenvalue weighted by atomic mass is 9.82. The maximum Gasteiger partial charge on any atom is 0.240 e.